The summed E-state index contributed by atoms with van der Waals surface area (Å²) in [6, 6.07) is 14.5. The van der Waals surface area contributed by atoms with Crippen LogP contribution in [0.5, 0.6) is 11.5 Å². The Morgan fingerprint density at radius 1 is 1.19 bits per heavy atom. The second-order valence-corrected chi connectivity index (χ2v) is 7.00. The molecule has 1 saturated heterocycles. The van der Waals surface area contributed by atoms with Gasteiger partial charge in [-0.05, 0) is 25.0 Å². The maximum Gasteiger partial charge on any atom is 0.318 e. The van der Waals surface area contributed by atoms with E-state index in [0.717, 1.165) is 30.8 Å². The number of hydrogen-bond acceptors (Lipinski definition) is 4. The van der Waals surface area contributed by atoms with Crippen molar-refractivity contribution in [3.8, 4) is 11.5 Å². The van der Waals surface area contributed by atoms with E-state index in [1.807, 2.05) is 36.4 Å². The van der Waals surface area contributed by atoms with Gasteiger partial charge in [-0.1, -0.05) is 36.4 Å². The number of carbonyl (C=O) groups excluding carboxylic acids is 1. The van der Waals surface area contributed by atoms with Gasteiger partial charge in [-0.25, -0.2) is 4.79 Å². The number of carbonyl (C=O) groups is 1. The van der Waals surface area contributed by atoms with Crippen LogP contribution in [0.2, 0.25) is 0 Å². The summed E-state index contributed by atoms with van der Waals surface area (Å²) < 4.78 is 11.4. The predicted octanol–water partition coefficient (Wildman–Crippen LogP) is 3.22. The summed E-state index contributed by atoms with van der Waals surface area (Å²) in [7, 11) is 0. The quantitative estimate of drug-likeness (QED) is 0.850. The SMILES string of the molecule is O=C(NC1COc2ccccc21)N(Cc1ccccc1O)CC1CCCO1. The zero-order chi connectivity index (χ0) is 18.6. The van der Waals surface area contributed by atoms with E-state index in [2.05, 4.69) is 5.32 Å². The molecule has 0 radical (unpaired) electrons. The topological polar surface area (TPSA) is 71.0 Å². The third-order valence-corrected chi connectivity index (χ3v) is 5.09. The summed E-state index contributed by atoms with van der Waals surface area (Å²) in [5.74, 6) is 1.01. The number of phenolic OH excluding ortho intramolecular Hbond substituents is 1. The molecule has 2 unspecified atom stereocenters. The van der Waals surface area contributed by atoms with Crippen LogP contribution in [0.25, 0.3) is 0 Å². The predicted molar refractivity (Wildman–Crippen MR) is 101 cm³/mol. The second kappa shape index (κ2) is 7.88. The number of nitrogens with zero attached hydrogens (tertiary/aromatic N) is 1. The molecule has 0 bridgehead atoms. The van der Waals surface area contributed by atoms with Crippen molar-refractivity contribution in [1.82, 2.24) is 10.2 Å². The Bertz CT molecular complexity index is 804. The van der Waals surface area contributed by atoms with Gasteiger partial charge in [-0.15, -0.1) is 0 Å². The van der Waals surface area contributed by atoms with Crippen LogP contribution in [-0.2, 0) is 11.3 Å². The third kappa shape index (κ3) is 4.01. The normalized spacial score (nSPS) is 20.7. The molecule has 2 aliphatic rings. The lowest BCUT2D eigenvalue weighted by molar-refractivity contribution is 0.0785. The largest absolute Gasteiger partial charge is 0.508 e. The molecule has 6 heteroatoms. The molecule has 142 valence electrons. The Kier molecular flexibility index (Phi) is 5.16. The van der Waals surface area contributed by atoms with Gasteiger partial charge in [0.2, 0.25) is 0 Å². The average molecular weight is 368 g/mol. The molecular formula is C21H24N2O4. The lowest BCUT2D eigenvalue weighted by Gasteiger charge is -2.27. The van der Waals surface area contributed by atoms with E-state index in [-0.39, 0.29) is 23.9 Å². The van der Waals surface area contributed by atoms with Crippen LogP contribution in [-0.4, -0.2) is 41.9 Å². The number of aromatic hydroxyl groups is 1. The fourth-order valence-electron chi connectivity index (χ4n) is 3.63. The van der Waals surface area contributed by atoms with Gasteiger partial charge in [-0.3, -0.25) is 0 Å². The van der Waals surface area contributed by atoms with Crippen molar-refractivity contribution >= 4 is 6.03 Å². The Balaban J connectivity index is 1.49. The Morgan fingerprint density at radius 2 is 2.00 bits per heavy atom. The molecule has 2 aromatic rings. The first-order valence-electron chi connectivity index (χ1n) is 9.36. The number of rotatable bonds is 5. The molecule has 2 aromatic carbocycles. The number of amides is 2. The number of urea groups is 1. The minimum absolute atomic E-state index is 0.0359. The summed E-state index contributed by atoms with van der Waals surface area (Å²) in [5, 5.41) is 13.2. The molecule has 2 amide bonds. The van der Waals surface area contributed by atoms with Crippen molar-refractivity contribution in [2.45, 2.75) is 31.5 Å². The van der Waals surface area contributed by atoms with Crippen molar-refractivity contribution < 1.29 is 19.4 Å². The van der Waals surface area contributed by atoms with Crippen LogP contribution >= 0.6 is 0 Å². The molecule has 2 N–H and O–H groups in total. The van der Waals surface area contributed by atoms with Gasteiger partial charge < -0.3 is 24.8 Å². The molecule has 2 heterocycles. The van der Waals surface area contributed by atoms with Crippen LogP contribution in [0.15, 0.2) is 48.5 Å². The number of ether oxygens (including phenoxy) is 2. The van der Waals surface area contributed by atoms with Crippen LogP contribution in [0.4, 0.5) is 4.79 Å². The van der Waals surface area contributed by atoms with E-state index in [9.17, 15) is 9.90 Å². The maximum absolute atomic E-state index is 13.0. The zero-order valence-corrected chi connectivity index (χ0v) is 15.1. The van der Waals surface area contributed by atoms with Crippen LogP contribution in [0.3, 0.4) is 0 Å². The van der Waals surface area contributed by atoms with Gasteiger partial charge in [0.05, 0.1) is 18.7 Å². The molecule has 0 aliphatic carbocycles. The summed E-state index contributed by atoms with van der Waals surface area (Å²) in [4.78, 5) is 14.7. The number of phenols is 1. The number of para-hydroxylation sites is 2. The fraction of sp³-hybridized carbons (Fsp3) is 0.381. The van der Waals surface area contributed by atoms with E-state index in [1.165, 1.54) is 0 Å². The highest BCUT2D eigenvalue weighted by Crippen LogP contribution is 2.32. The lowest BCUT2D eigenvalue weighted by Crippen LogP contribution is -2.44. The first-order valence-corrected chi connectivity index (χ1v) is 9.36. The summed E-state index contributed by atoms with van der Waals surface area (Å²) in [5.41, 5.74) is 1.71. The molecule has 6 nitrogen and oxygen atoms in total. The van der Waals surface area contributed by atoms with E-state index < -0.39 is 0 Å². The molecule has 0 aromatic heterocycles. The Hall–Kier alpha value is -2.73. The number of nitrogens with one attached hydrogen (secondary N) is 1. The van der Waals surface area contributed by atoms with Crippen LogP contribution < -0.4 is 10.1 Å². The van der Waals surface area contributed by atoms with Gasteiger partial charge in [0, 0.05) is 24.3 Å². The highest BCUT2D eigenvalue weighted by atomic mass is 16.5. The summed E-state index contributed by atoms with van der Waals surface area (Å²) in [6.07, 6.45) is 1.99. The smallest absolute Gasteiger partial charge is 0.318 e. The summed E-state index contributed by atoms with van der Waals surface area (Å²) in [6.45, 7) is 1.99. The van der Waals surface area contributed by atoms with Gasteiger partial charge >= 0.3 is 6.03 Å². The molecule has 0 spiro atoms. The molecular weight excluding hydrogens is 344 g/mol. The molecule has 2 atom stereocenters. The van der Waals surface area contributed by atoms with E-state index in [1.54, 1.807) is 17.0 Å². The monoisotopic (exact) mass is 368 g/mol. The molecule has 4 rings (SSSR count). The number of fused-ring (bicyclic) bond motifs is 1. The minimum Gasteiger partial charge on any atom is -0.508 e. The first kappa shape index (κ1) is 17.7. The van der Waals surface area contributed by atoms with Crippen molar-refractivity contribution in [2.75, 3.05) is 19.8 Å². The zero-order valence-electron chi connectivity index (χ0n) is 15.1. The van der Waals surface area contributed by atoms with Gasteiger partial charge in [0.25, 0.3) is 0 Å². The van der Waals surface area contributed by atoms with Gasteiger partial charge in [0.15, 0.2) is 0 Å². The van der Waals surface area contributed by atoms with Crippen molar-refractivity contribution in [1.29, 1.82) is 0 Å². The van der Waals surface area contributed by atoms with Crippen molar-refractivity contribution in [3.63, 3.8) is 0 Å². The van der Waals surface area contributed by atoms with Crippen LogP contribution in [0, 0.1) is 0 Å². The highest BCUT2D eigenvalue weighted by molar-refractivity contribution is 5.75. The van der Waals surface area contributed by atoms with Crippen LogP contribution in [0.1, 0.15) is 30.0 Å². The molecule has 1 fully saturated rings. The molecule has 0 saturated carbocycles. The third-order valence-electron chi connectivity index (χ3n) is 5.09. The average Bonchev–Trinajstić information content (AvgIpc) is 3.33. The van der Waals surface area contributed by atoms with E-state index in [0.29, 0.717) is 25.3 Å². The molecule has 27 heavy (non-hydrogen) atoms. The minimum atomic E-state index is -0.181. The first-order chi connectivity index (χ1) is 13.2. The van der Waals surface area contributed by atoms with Gasteiger partial charge in [-0.2, -0.15) is 0 Å². The van der Waals surface area contributed by atoms with Crippen molar-refractivity contribution in [2.24, 2.45) is 0 Å². The lowest BCUT2D eigenvalue weighted by atomic mass is 10.1. The van der Waals surface area contributed by atoms with E-state index >= 15 is 0 Å². The van der Waals surface area contributed by atoms with E-state index in [4.69, 9.17) is 9.47 Å². The standard InChI is InChI=1S/C21H24N2O4/c24-19-9-3-1-6-15(19)12-23(13-16-7-5-11-26-16)21(25)22-18-14-27-20-10-4-2-8-17(18)20/h1-4,6,8-10,16,18,24H,5,7,11-14H2,(H,22,25). The van der Waals surface area contributed by atoms with Gasteiger partial charge in [0.1, 0.15) is 18.1 Å². The maximum atomic E-state index is 13.0. The highest BCUT2D eigenvalue weighted by Gasteiger charge is 2.29. The number of hydrogen-bond donors (Lipinski definition) is 2. The molecule has 2 aliphatic heterocycles. The van der Waals surface area contributed by atoms with Crippen molar-refractivity contribution in [3.05, 3.63) is 59.7 Å². The Morgan fingerprint density at radius 3 is 2.81 bits per heavy atom. The fourth-order valence-corrected chi connectivity index (χ4v) is 3.63. The summed E-state index contributed by atoms with van der Waals surface area (Å²) >= 11 is 0. The number of benzene rings is 2. The Labute approximate surface area is 158 Å². The second-order valence-electron chi connectivity index (χ2n) is 7.00.